The number of amides is 3. The summed E-state index contributed by atoms with van der Waals surface area (Å²) < 4.78 is 9.75. The van der Waals surface area contributed by atoms with E-state index in [0.717, 1.165) is 0 Å². The molecular weight excluding hydrogens is 608 g/mol. The van der Waals surface area contributed by atoms with E-state index >= 15 is 0 Å². The van der Waals surface area contributed by atoms with Crippen molar-refractivity contribution in [2.45, 2.75) is 55.9 Å². The van der Waals surface area contributed by atoms with Crippen LogP contribution in [0.3, 0.4) is 0 Å². The van der Waals surface area contributed by atoms with Gasteiger partial charge < -0.3 is 25.0 Å². The van der Waals surface area contributed by atoms with Gasteiger partial charge in [0.1, 0.15) is 18.1 Å². The molecule has 2 aliphatic carbocycles. The Balaban J connectivity index is 1.25. The SMILES string of the molecule is COC(=O)[C@H](CSSC[C@H](NC(=O)[C@@H]1CCCN1C(=O)[C]1[CH][CH][CH][CH]1)C(=O)OC)NC(=O)[C@@H]1CCC(C(=O)[C]2[CH][CH][CH][CH]2)N1. The second kappa shape index (κ2) is 16.8. The summed E-state index contributed by atoms with van der Waals surface area (Å²) in [6.07, 6.45) is 16.0. The average molecular weight is 645 g/mol. The topological polar surface area (TPSA) is 160 Å². The summed E-state index contributed by atoms with van der Waals surface area (Å²) >= 11 is 0. The molecule has 5 atom stereocenters. The number of carbonyl (C=O) groups is 6. The van der Waals surface area contributed by atoms with Crippen molar-refractivity contribution in [3.63, 3.8) is 0 Å². The average Bonchev–Trinajstić information content (AvgIpc) is 3.87. The molecular formula is C30H36N4O8S2. The van der Waals surface area contributed by atoms with E-state index in [-0.39, 0.29) is 23.2 Å². The first-order valence-corrected chi connectivity index (χ1v) is 16.8. The number of carbonyl (C=O) groups excluding carboxylic acids is 6. The van der Waals surface area contributed by atoms with E-state index in [1.54, 1.807) is 51.4 Å². The maximum Gasteiger partial charge on any atom is 0.329 e. The lowest BCUT2D eigenvalue weighted by molar-refractivity contribution is -0.145. The summed E-state index contributed by atoms with van der Waals surface area (Å²) in [5.41, 5.74) is 0. The minimum Gasteiger partial charge on any atom is -0.467 e. The van der Waals surface area contributed by atoms with Crippen LogP contribution in [-0.2, 0) is 38.2 Å². The van der Waals surface area contributed by atoms with Gasteiger partial charge in [-0.3, -0.25) is 24.5 Å². The van der Waals surface area contributed by atoms with E-state index in [4.69, 9.17) is 9.47 Å². The fourth-order valence-electron chi connectivity index (χ4n) is 5.25. The Morgan fingerprint density at radius 2 is 1.32 bits per heavy atom. The lowest BCUT2D eigenvalue weighted by Crippen LogP contribution is -2.52. The zero-order valence-corrected chi connectivity index (χ0v) is 26.1. The van der Waals surface area contributed by atoms with Crippen LogP contribution < -0.4 is 16.0 Å². The number of hydrogen-bond acceptors (Lipinski definition) is 11. The third kappa shape index (κ3) is 8.90. The van der Waals surface area contributed by atoms with Gasteiger partial charge in [0.05, 0.1) is 38.1 Å². The van der Waals surface area contributed by atoms with E-state index in [1.165, 1.54) is 40.7 Å². The Bertz CT molecular complexity index is 1070. The van der Waals surface area contributed by atoms with Crippen molar-refractivity contribution in [3.05, 3.63) is 63.2 Å². The number of methoxy groups -OCH3 is 2. The number of Topliss-reactive ketones (excluding diaryl/α,β-unsaturated/α-hetero) is 1. The molecule has 4 fully saturated rings. The third-order valence-corrected chi connectivity index (χ3v) is 10.0. The first kappa shape index (κ1) is 34.6. The van der Waals surface area contributed by atoms with Crippen molar-refractivity contribution in [2.75, 3.05) is 32.3 Å². The standard InChI is InChI=1S/C30H36N4O8S2/c1-41-29(39)22(32-26(36)21-14-13-20(31-21)25(35)18-8-3-4-9-18)16-43-44-17-23(30(40)42-2)33-27(37)24-12-7-15-34(24)28(38)19-10-5-6-11-19/h3-6,8-11,20-24,31H,7,12-17H2,1-2H3,(H,32,36)(H,33,37)/t20?,21-,22-,23-,24-/m0/s1. The zero-order chi connectivity index (χ0) is 31.6. The smallest absolute Gasteiger partial charge is 0.329 e. The number of nitrogens with one attached hydrogen (secondary N) is 3. The van der Waals surface area contributed by atoms with Crippen molar-refractivity contribution in [1.29, 1.82) is 0 Å². The predicted molar refractivity (Wildman–Crippen MR) is 163 cm³/mol. The van der Waals surface area contributed by atoms with E-state index in [9.17, 15) is 28.8 Å². The molecule has 2 saturated carbocycles. The van der Waals surface area contributed by atoms with E-state index in [0.29, 0.717) is 44.1 Å². The molecule has 0 bridgehead atoms. The monoisotopic (exact) mass is 644 g/mol. The van der Waals surface area contributed by atoms with Crippen LogP contribution >= 0.6 is 21.6 Å². The number of likely N-dealkylation sites (tertiary alicyclic amines) is 1. The van der Waals surface area contributed by atoms with Crippen molar-refractivity contribution in [3.8, 4) is 0 Å². The fraction of sp³-hybridized carbons (Fsp3) is 0.467. The molecule has 4 aliphatic rings. The van der Waals surface area contributed by atoms with Crippen LogP contribution in [0, 0.1) is 63.2 Å². The van der Waals surface area contributed by atoms with Gasteiger partial charge in [-0.05, 0) is 77.0 Å². The van der Waals surface area contributed by atoms with Crippen LogP contribution in [-0.4, -0.2) is 103 Å². The second-order valence-corrected chi connectivity index (χ2v) is 13.0. The molecule has 44 heavy (non-hydrogen) atoms. The van der Waals surface area contributed by atoms with Gasteiger partial charge in [-0.25, -0.2) is 9.59 Å². The number of nitrogens with zero attached hydrogens (tertiary/aromatic N) is 1. The number of hydrogen-bond donors (Lipinski definition) is 3. The summed E-state index contributed by atoms with van der Waals surface area (Å²) in [7, 11) is 4.87. The molecule has 0 aromatic heterocycles. The van der Waals surface area contributed by atoms with Gasteiger partial charge in [-0.1, -0.05) is 21.6 Å². The molecule has 12 nitrogen and oxygen atoms in total. The van der Waals surface area contributed by atoms with Gasteiger partial charge in [-0.15, -0.1) is 0 Å². The molecule has 1 unspecified atom stereocenters. The number of esters is 2. The third-order valence-electron chi connectivity index (χ3n) is 7.61. The van der Waals surface area contributed by atoms with Gasteiger partial charge in [-0.2, -0.15) is 0 Å². The number of ketones is 1. The van der Waals surface area contributed by atoms with Crippen LogP contribution in [0.1, 0.15) is 25.7 Å². The Hall–Kier alpha value is -2.32. The first-order valence-electron chi connectivity index (χ1n) is 14.3. The maximum atomic E-state index is 13.1. The number of rotatable bonds is 14. The van der Waals surface area contributed by atoms with Crippen molar-refractivity contribution >= 4 is 57.0 Å². The summed E-state index contributed by atoms with van der Waals surface area (Å²) in [6.45, 7) is 0.442. The molecule has 4 rings (SSSR count). The highest BCUT2D eigenvalue weighted by Crippen LogP contribution is 2.30. The highest BCUT2D eigenvalue weighted by molar-refractivity contribution is 8.76. The summed E-state index contributed by atoms with van der Waals surface area (Å²) in [5.74, 6) is -1.13. The molecule has 0 spiro atoms. The van der Waals surface area contributed by atoms with Crippen LogP contribution in [0.2, 0.25) is 0 Å². The molecule has 3 amide bonds. The molecule has 3 N–H and O–H groups in total. The normalized spacial score (nSPS) is 25.4. The van der Waals surface area contributed by atoms with Gasteiger partial charge in [0.2, 0.25) is 17.7 Å². The largest absolute Gasteiger partial charge is 0.467 e. The molecule has 14 heteroatoms. The lowest BCUT2D eigenvalue weighted by Gasteiger charge is -2.27. The highest BCUT2D eigenvalue weighted by Gasteiger charge is 2.40. The lowest BCUT2D eigenvalue weighted by atomic mass is 9.96. The van der Waals surface area contributed by atoms with E-state index in [2.05, 4.69) is 16.0 Å². The van der Waals surface area contributed by atoms with Crippen LogP contribution in [0.5, 0.6) is 0 Å². The first-order chi connectivity index (χ1) is 21.2. The molecule has 10 radical (unpaired) electrons. The quantitative estimate of drug-likeness (QED) is 0.134. The highest BCUT2D eigenvalue weighted by atomic mass is 33.1. The Morgan fingerprint density at radius 3 is 1.89 bits per heavy atom. The van der Waals surface area contributed by atoms with Crippen molar-refractivity contribution in [2.24, 2.45) is 0 Å². The Labute approximate surface area is 267 Å². The molecule has 2 heterocycles. The maximum absolute atomic E-state index is 13.1. The van der Waals surface area contributed by atoms with Gasteiger partial charge in [0.15, 0.2) is 5.78 Å². The van der Waals surface area contributed by atoms with Gasteiger partial charge in [0.25, 0.3) is 0 Å². The Morgan fingerprint density at radius 1 is 0.795 bits per heavy atom. The minimum absolute atomic E-state index is 0.0803. The number of ether oxygens (including phenoxy) is 2. The van der Waals surface area contributed by atoms with Crippen LogP contribution in [0.25, 0.3) is 0 Å². The molecule has 236 valence electrons. The Kier molecular flexibility index (Phi) is 13.2. The minimum atomic E-state index is -0.993. The van der Waals surface area contributed by atoms with Crippen molar-refractivity contribution < 1.29 is 38.2 Å². The summed E-state index contributed by atoms with van der Waals surface area (Å²) in [4.78, 5) is 78.0. The van der Waals surface area contributed by atoms with Gasteiger partial charge in [0, 0.05) is 18.1 Å². The molecule has 2 saturated heterocycles. The van der Waals surface area contributed by atoms with Crippen LogP contribution in [0.4, 0.5) is 0 Å². The van der Waals surface area contributed by atoms with Crippen LogP contribution in [0.15, 0.2) is 0 Å². The zero-order valence-electron chi connectivity index (χ0n) is 24.5. The summed E-state index contributed by atoms with van der Waals surface area (Å²) in [5, 5.41) is 8.48. The molecule has 2 aliphatic heterocycles. The fourth-order valence-corrected chi connectivity index (χ4v) is 7.55. The van der Waals surface area contributed by atoms with Crippen molar-refractivity contribution in [1.82, 2.24) is 20.9 Å². The predicted octanol–water partition coefficient (Wildman–Crippen LogP) is 0.175. The van der Waals surface area contributed by atoms with E-state index < -0.39 is 54.0 Å². The molecule has 0 aromatic rings. The summed E-state index contributed by atoms with van der Waals surface area (Å²) in [6, 6.07) is -3.79. The molecule has 0 aromatic carbocycles. The van der Waals surface area contributed by atoms with Gasteiger partial charge >= 0.3 is 11.9 Å². The van der Waals surface area contributed by atoms with E-state index in [1.807, 2.05) is 0 Å². The second-order valence-electron chi connectivity index (χ2n) is 10.5.